The molecule has 0 unspecified atom stereocenters. The Balaban J connectivity index is 1.59. The average molecular weight is 412 g/mol. The van der Waals surface area contributed by atoms with Crippen LogP contribution in [0.3, 0.4) is 0 Å². The van der Waals surface area contributed by atoms with E-state index in [9.17, 15) is 0 Å². The summed E-state index contributed by atoms with van der Waals surface area (Å²) in [6.45, 7) is 0.783. The quantitative estimate of drug-likeness (QED) is 0.358. The Morgan fingerprint density at radius 3 is 2.65 bits per heavy atom. The summed E-state index contributed by atoms with van der Waals surface area (Å²) >= 11 is 3.43. The van der Waals surface area contributed by atoms with Crippen LogP contribution in [0.1, 0.15) is 16.7 Å². The predicted molar refractivity (Wildman–Crippen MR) is 105 cm³/mol. The van der Waals surface area contributed by atoms with Crippen LogP contribution in [-0.4, -0.2) is 10.8 Å². The maximum atomic E-state index is 6.02. The van der Waals surface area contributed by atoms with Gasteiger partial charge in [-0.15, -0.1) is 0 Å². The lowest BCUT2D eigenvalue weighted by Gasteiger charge is -2.08. The Morgan fingerprint density at radius 1 is 1.00 bits per heavy atom. The SMILES string of the molecule is NC(=NOCc1cccc(Br)c1)c1cccc(OCc2cccnc2)c1. The molecule has 0 bridgehead atoms. The highest BCUT2D eigenvalue weighted by atomic mass is 79.9. The molecule has 0 fully saturated rings. The number of ether oxygens (including phenoxy) is 1. The first-order chi connectivity index (χ1) is 12.7. The lowest BCUT2D eigenvalue weighted by molar-refractivity contribution is 0.130. The second-order valence-electron chi connectivity index (χ2n) is 5.56. The number of rotatable bonds is 7. The Hall–Kier alpha value is -2.86. The van der Waals surface area contributed by atoms with E-state index in [1.54, 1.807) is 12.4 Å². The van der Waals surface area contributed by atoms with Crippen molar-refractivity contribution in [3.05, 3.63) is 94.2 Å². The van der Waals surface area contributed by atoms with Gasteiger partial charge in [-0.1, -0.05) is 51.4 Å². The first kappa shape index (κ1) is 17.9. The predicted octanol–water partition coefficient (Wildman–Crippen LogP) is 4.26. The zero-order valence-corrected chi connectivity index (χ0v) is 15.6. The van der Waals surface area contributed by atoms with E-state index >= 15 is 0 Å². The van der Waals surface area contributed by atoms with Crippen LogP contribution in [-0.2, 0) is 18.1 Å². The minimum atomic E-state index is 0.298. The smallest absolute Gasteiger partial charge is 0.170 e. The molecule has 0 aliphatic rings. The van der Waals surface area contributed by atoms with Gasteiger partial charge in [0.15, 0.2) is 5.84 Å². The van der Waals surface area contributed by atoms with Crippen molar-refractivity contribution in [2.24, 2.45) is 10.9 Å². The second-order valence-corrected chi connectivity index (χ2v) is 6.47. The van der Waals surface area contributed by atoms with Gasteiger partial charge in [0.25, 0.3) is 0 Å². The van der Waals surface area contributed by atoms with Gasteiger partial charge in [-0.3, -0.25) is 4.98 Å². The third-order valence-electron chi connectivity index (χ3n) is 3.54. The molecule has 0 radical (unpaired) electrons. The summed E-state index contributed by atoms with van der Waals surface area (Å²) in [6, 6.07) is 19.1. The number of hydrogen-bond donors (Lipinski definition) is 1. The number of aromatic nitrogens is 1. The van der Waals surface area contributed by atoms with Gasteiger partial charge in [-0.25, -0.2) is 0 Å². The number of benzene rings is 2. The zero-order valence-electron chi connectivity index (χ0n) is 14.0. The first-order valence-electron chi connectivity index (χ1n) is 8.03. The van der Waals surface area contributed by atoms with Crippen LogP contribution in [0, 0.1) is 0 Å². The Labute approximate surface area is 160 Å². The van der Waals surface area contributed by atoms with E-state index in [1.165, 1.54) is 0 Å². The summed E-state index contributed by atoms with van der Waals surface area (Å²) in [7, 11) is 0. The van der Waals surface area contributed by atoms with Gasteiger partial charge in [-0.05, 0) is 35.9 Å². The van der Waals surface area contributed by atoms with Gasteiger partial charge in [-0.2, -0.15) is 0 Å². The molecule has 2 aromatic carbocycles. The average Bonchev–Trinajstić information content (AvgIpc) is 2.67. The van der Waals surface area contributed by atoms with Crippen molar-refractivity contribution in [1.29, 1.82) is 0 Å². The van der Waals surface area contributed by atoms with Crippen LogP contribution in [0.15, 0.2) is 82.7 Å². The lowest BCUT2D eigenvalue weighted by Crippen LogP contribution is -2.14. The highest BCUT2D eigenvalue weighted by Crippen LogP contribution is 2.16. The fourth-order valence-corrected chi connectivity index (χ4v) is 2.70. The maximum absolute atomic E-state index is 6.02. The van der Waals surface area contributed by atoms with Crippen molar-refractivity contribution in [1.82, 2.24) is 4.98 Å². The second kappa shape index (κ2) is 9.01. The normalized spacial score (nSPS) is 11.2. The van der Waals surface area contributed by atoms with E-state index in [0.29, 0.717) is 24.8 Å². The van der Waals surface area contributed by atoms with Crippen molar-refractivity contribution in [2.75, 3.05) is 0 Å². The van der Waals surface area contributed by atoms with Gasteiger partial charge < -0.3 is 15.3 Å². The summed E-state index contributed by atoms with van der Waals surface area (Å²) in [6.07, 6.45) is 3.50. The molecular weight excluding hydrogens is 394 g/mol. The molecule has 6 heteroatoms. The van der Waals surface area contributed by atoms with Crippen molar-refractivity contribution in [2.45, 2.75) is 13.2 Å². The molecule has 26 heavy (non-hydrogen) atoms. The molecule has 0 spiro atoms. The number of nitrogens with zero attached hydrogens (tertiary/aromatic N) is 2. The van der Waals surface area contributed by atoms with Crippen LogP contribution >= 0.6 is 15.9 Å². The minimum Gasteiger partial charge on any atom is -0.489 e. The molecule has 5 nitrogen and oxygen atoms in total. The molecule has 0 saturated carbocycles. The van der Waals surface area contributed by atoms with Gasteiger partial charge in [0.2, 0.25) is 0 Å². The van der Waals surface area contributed by atoms with E-state index in [0.717, 1.165) is 21.2 Å². The van der Waals surface area contributed by atoms with Gasteiger partial charge >= 0.3 is 0 Å². The van der Waals surface area contributed by atoms with Gasteiger partial charge in [0.1, 0.15) is 19.0 Å². The molecular formula is C20H18BrN3O2. The minimum absolute atomic E-state index is 0.298. The highest BCUT2D eigenvalue weighted by molar-refractivity contribution is 9.10. The maximum Gasteiger partial charge on any atom is 0.170 e. The molecule has 132 valence electrons. The monoisotopic (exact) mass is 411 g/mol. The number of nitrogens with two attached hydrogens (primary N) is 1. The number of pyridine rings is 1. The summed E-state index contributed by atoms with van der Waals surface area (Å²) < 4.78 is 6.77. The summed E-state index contributed by atoms with van der Waals surface area (Å²) in [5.41, 5.74) is 8.76. The Bertz CT molecular complexity index is 885. The van der Waals surface area contributed by atoms with Crippen LogP contribution in [0.4, 0.5) is 0 Å². The molecule has 0 amide bonds. The standard InChI is InChI=1S/C20H18BrN3O2/c21-18-7-1-4-15(10-18)14-26-24-20(22)17-6-2-8-19(11-17)25-13-16-5-3-9-23-12-16/h1-12H,13-14H2,(H2,22,24). The number of amidine groups is 1. The fraction of sp³-hybridized carbons (Fsp3) is 0.100. The molecule has 1 aromatic heterocycles. The molecule has 3 rings (SSSR count). The van der Waals surface area contributed by atoms with Crippen molar-refractivity contribution in [3.8, 4) is 5.75 Å². The number of oxime groups is 1. The Kier molecular flexibility index (Phi) is 6.22. The largest absolute Gasteiger partial charge is 0.489 e. The lowest BCUT2D eigenvalue weighted by atomic mass is 10.2. The topological polar surface area (TPSA) is 69.7 Å². The summed E-state index contributed by atoms with van der Waals surface area (Å²) in [4.78, 5) is 9.42. The van der Waals surface area contributed by atoms with E-state index in [4.69, 9.17) is 15.3 Å². The van der Waals surface area contributed by atoms with E-state index in [-0.39, 0.29) is 0 Å². The third kappa shape index (κ3) is 5.32. The van der Waals surface area contributed by atoms with Crippen LogP contribution in [0.5, 0.6) is 5.75 Å². The first-order valence-corrected chi connectivity index (χ1v) is 8.82. The number of hydrogen-bond acceptors (Lipinski definition) is 4. The molecule has 0 aliphatic carbocycles. The molecule has 2 N–H and O–H groups in total. The van der Waals surface area contributed by atoms with E-state index < -0.39 is 0 Å². The van der Waals surface area contributed by atoms with Crippen LogP contribution in [0.2, 0.25) is 0 Å². The molecule has 0 saturated heterocycles. The van der Waals surface area contributed by atoms with Crippen molar-refractivity contribution in [3.63, 3.8) is 0 Å². The van der Waals surface area contributed by atoms with Gasteiger partial charge in [0, 0.05) is 28.0 Å². The molecule has 0 aliphatic heterocycles. The molecule has 0 atom stereocenters. The Morgan fingerprint density at radius 2 is 1.85 bits per heavy atom. The zero-order chi connectivity index (χ0) is 18.2. The van der Waals surface area contributed by atoms with Crippen molar-refractivity contribution < 1.29 is 9.57 Å². The molecule has 1 heterocycles. The highest BCUT2D eigenvalue weighted by Gasteiger charge is 2.03. The summed E-state index contributed by atoms with van der Waals surface area (Å²) in [5.74, 6) is 1.00. The third-order valence-corrected chi connectivity index (χ3v) is 4.03. The summed E-state index contributed by atoms with van der Waals surface area (Å²) in [5, 5.41) is 3.99. The van der Waals surface area contributed by atoms with E-state index in [1.807, 2.05) is 60.7 Å². The number of halogens is 1. The van der Waals surface area contributed by atoms with Crippen LogP contribution < -0.4 is 10.5 Å². The fourth-order valence-electron chi connectivity index (χ4n) is 2.25. The van der Waals surface area contributed by atoms with Crippen molar-refractivity contribution >= 4 is 21.8 Å². The van der Waals surface area contributed by atoms with E-state index in [2.05, 4.69) is 26.1 Å². The van der Waals surface area contributed by atoms with Gasteiger partial charge in [0.05, 0.1) is 0 Å². The van der Waals surface area contributed by atoms with Crippen LogP contribution in [0.25, 0.3) is 0 Å². The molecule has 3 aromatic rings.